The molecule has 0 saturated heterocycles. The van der Waals surface area contributed by atoms with E-state index in [-0.39, 0.29) is 6.04 Å². The van der Waals surface area contributed by atoms with E-state index in [0.29, 0.717) is 0 Å². The largest absolute Gasteiger partial charge is 0.496 e. The zero-order valence-corrected chi connectivity index (χ0v) is 11.8. The van der Waals surface area contributed by atoms with Gasteiger partial charge < -0.3 is 15.2 Å². The SMILES string of the molecule is CCCSc1cc(OC)c([C@@H](C)N)cc1OC. The van der Waals surface area contributed by atoms with E-state index in [1.807, 2.05) is 19.1 Å². The van der Waals surface area contributed by atoms with Crippen LogP contribution in [0.2, 0.25) is 0 Å². The Morgan fingerprint density at radius 1 is 1.24 bits per heavy atom. The number of methoxy groups -OCH3 is 2. The molecule has 17 heavy (non-hydrogen) atoms. The Balaban J connectivity index is 3.13. The lowest BCUT2D eigenvalue weighted by atomic mass is 10.1. The number of ether oxygens (including phenoxy) is 2. The summed E-state index contributed by atoms with van der Waals surface area (Å²) < 4.78 is 10.8. The van der Waals surface area contributed by atoms with E-state index in [0.717, 1.165) is 34.1 Å². The minimum Gasteiger partial charge on any atom is -0.496 e. The predicted octanol–water partition coefficient (Wildman–Crippen LogP) is 3.23. The Morgan fingerprint density at radius 2 is 1.88 bits per heavy atom. The van der Waals surface area contributed by atoms with Crippen LogP contribution in [0.25, 0.3) is 0 Å². The molecule has 0 aliphatic heterocycles. The Bertz CT molecular complexity index is 367. The molecule has 1 atom stereocenters. The van der Waals surface area contributed by atoms with Crippen LogP contribution in [0.15, 0.2) is 17.0 Å². The highest BCUT2D eigenvalue weighted by Gasteiger charge is 2.13. The summed E-state index contributed by atoms with van der Waals surface area (Å²) in [4.78, 5) is 1.11. The highest BCUT2D eigenvalue weighted by atomic mass is 32.2. The van der Waals surface area contributed by atoms with E-state index in [1.165, 1.54) is 0 Å². The highest BCUT2D eigenvalue weighted by Crippen LogP contribution is 2.37. The molecule has 0 bridgehead atoms. The van der Waals surface area contributed by atoms with Gasteiger partial charge in [0.25, 0.3) is 0 Å². The second kappa shape index (κ2) is 6.77. The fourth-order valence-electron chi connectivity index (χ4n) is 1.57. The molecule has 0 heterocycles. The van der Waals surface area contributed by atoms with Gasteiger partial charge in [0.2, 0.25) is 0 Å². The molecule has 0 spiro atoms. The quantitative estimate of drug-likeness (QED) is 0.793. The molecule has 0 saturated carbocycles. The third-order valence-corrected chi connectivity index (χ3v) is 3.71. The molecular formula is C13H21NO2S. The van der Waals surface area contributed by atoms with Crippen molar-refractivity contribution in [3.63, 3.8) is 0 Å². The second-order valence-corrected chi connectivity index (χ2v) is 5.02. The van der Waals surface area contributed by atoms with E-state index in [4.69, 9.17) is 15.2 Å². The average Bonchev–Trinajstić information content (AvgIpc) is 2.34. The van der Waals surface area contributed by atoms with Gasteiger partial charge in [-0.15, -0.1) is 11.8 Å². The summed E-state index contributed by atoms with van der Waals surface area (Å²) in [6, 6.07) is 3.92. The van der Waals surface area contributed by atoms with Crippen molar-refractivity contribution in [3.05, 3.63) is 17.7 Å². The summed E-state index contributed by atoms with van der Waals surface area (Å²) in [5.74, 6) is 2.77. The lowest BCUT2D eigenvalue weighted by Gasteiger charge is -2.16. The fourth-order valence-corrected chi connectivity index (χ4v) is 2.47. The minimum atomic E-state index is -0.0657. The highest BCUT2D eigenvalue weighted by molar-refractivity contribution is 7.99. The molecular weight excluding hydrogens is 234 g/mol. The Kier molecular flexibility index (Phi) is 5.65. The first-order chi connectivity index (χ1) is 8.13. The molecule has 0 radical (unpaired) electrons. The van der Waals surface area contributed by atoms with Crippen LogP contribution in [-0.4, -0.2) is 20.0 Å². The van der Waals surface area contributed by atoms with Crippen LogP contribution < -0.4 is 15.2 Å². The van der Waals surface area contributed by atoms with Gasteiger partial charge in [-0.05, 0) is 31.2 Å². The van der Waals surface area contributed by atoms with Crippen molar-refractivity contribution >= 4 is 11.8 Å². The van der Waals surface area contributed by atoms with Gasteiger partial charge in [-0.25, -0.2) is 0 Å². The molecule has 0 aliphatic carbocycles. The second-order valence-electron chi connectivity index (χ2n) is 3.88. The summed E-state index contributed by atoms with van der Waals surface area (Å²) in [7, 11) is 3.35. The number of hydrogen-bond acceptors (Lipinski definition) is 4. The lowest BCUT2D eigenvalue weighted by Crippen LogP contribution is -2.07. The Morgan fingerprint density at radius 3 is 2.35 bits per heavy atom. The lowest BCUT2D eigenvalue weighted by molar-refractivity contribution is 0.388. The summed E-state index contributed by atoms with van der Waals surface area (Å²) in [6.45, 7) is 4.10. The molecule has 1 rings (SSSR count). The van der Waals surface area contributed by atoms with Crippen LogP contribution >= 0.6 is 11.8 Å². The van der Waals surface area contributed by atoms with Gasteiger partial charge in [0, 0.05) is 11.6 Å². The maximum Gasteiger partial charge on any atom is 0.133 e. The maximum absolute atomic E-state index is 5.92. The van der Waals surface area contributed by atoms with E-state index >= 15 is 0 Å². The predicted molar refractivity (Wildman–Crippen MR) is 73.2 cm³/mol. The van der Waals surface area contributed by atoms with E-state index in [9.17, 15) is 0 Å². The number of benzene rings is 1. The van der Waals surface area contributed by atoms with Crippen molar-refractivity contribution in [2.75, 3.05) is 20.0 Å². The van der Waals surface area contributed by atoms with Gasteiger partial charge >= 0.3 is 0 Å². The number of rotatable bonds is 6. The molecule has 0 aromatic heterocycles. The topological polar surface area (TPSA) is 44.5 Å². The van der Waals surface area contributed by atoms with Crippen molar-refractivity contribution in [1.82, 2.24) is 0 Å². The molecule has 0 aliphatic rings. The number of thioether (sulfide) groups is 1. The normalized spacial score (nSPS) is 12.3. The first-order valence-corrected chi connectivity index (χ1v) is 6.76. The minimum absolute atomic E-state index is 0.0657. The summed E-state index contributed by atoms with van der Waals surface area (Å²) in [5.41, 5.74) is 6.90. The summed E-state index contributed by atoms with van der Waals surface area (Å²) >= 11 is 1.78. The van der Waals surface area contributed by atoms with Gasteiger partial charge in [0.15, 0.2) is 0 Å². The average molecular weight is 255 g/mol. The van der Waals surface area contributed by atoms with E-state index < -0.39 is 0 Å². The first kappa shape index (κ1) is 14.2. The maximum atomic E-state index is 5.92. The number of hydrogen-bond donors (Lipinski definition) is 1. The van der Waals surface area contributed by atoms with Crippen LogP contribution in [0.4, 0.5) is 0 Å². The van der Waals surface area contributed by atoms with Crippen molar-refractivity contribution in [3.8, 4) is 11.5 Å². The fraction of sp³-hybridized carbons (Fsp3) is 0.538. The zero-order valence-electron chi connectivity index (χ0n) is 10.9. The molecule has 0 unspecified atom stereocenters. The monoisotopic (exact) mass is 255 g/mol. The van der Waals surface area contributed by atoms with Crippen molar-refractivity contribution in [2.24, 2.45) is 5.73 Å². The van der Waals surface area contributed by atoms with Crippen LogP contribution in [-0.2, 0) is 0 Å². The summed E-state index contributed by atoms with van der Waals surface area (Å²) in [5, 5.41) is 0. The third kappa shape index (κ3) is 3.54. The summed E-state index contributed by atoms with van der Waals surface area (Å²) in [6.07, 6.45) is 1.13. The molecule has 96 valence electrons. The standard InChI is InChI=1S/C13H21NO2S/c1-5-6-17-13-8-11(15-3)10(9(2)14)7-12(13)16-4/h7-9H,5-6,14H2,1-4H3/t9-/m1/s1. The Hall–Kier alpha value is -0.870. The molecule has 2 N–H and O–H groups in total. The van der Waals surface area contributed by atoms with Crippen LogP contribution in [0.5, 0.6) is 11.5 Å². The molecule has 1 aromatic carbocycles. The van der Waals surface area contributed by atoms with Crippen molar-refractivity contribution in [2.45, 2.75) is 31.2 Å². The van der Waals surface area contributed by atoms with Gasteiger partial charge in [-0.2, -0.15) is 0 Å². The van der Waals surface area contributed by atoms with Gasteiger partial charge in [-0.1, -0.05) is 6.92 Å². The van der Waals surface area contributed by atoms with Crippen molar-refractivity contribution < 1.29 is 9.47 Å². The number of nitrogens with two attached hydrogens (primary N) is 1. The smallest absolute Gasteiger partial charge is 0.133 e. The van der Waals surface area contributed by atoms with Gasteiger partial charge in [0.05, 0.1) is 19.1 Å². The molecule has 0 fully saturated rings. The van der Waals surface area contributed by atoms with Gasteiger partial charge in [0.1, 0.15) is 11.5 Å². The van der Waals surface area contributed by atoms with E-state index in [2.05, 4.69) is 6.92 Å². The third-order valence-electron chi connectivity index (χ3n) is 2.47. The molecule has 3 nitrogen and oxygen atoms in total. The van der Waals surface area contributed by atoms with Crippen LogP contribution in [0, 0.1) is 0 Å². The zero-order chi connectivity index (χ0) is 12.8. The van der Waals surface area contributed by atoms with E-state index in [1.54, 1.807) is 26.0 Å². The Labute approximate surface area is 108 Å². The first-order valence-electron chi connectivity index (χ1n) is 5.78. The van der Waals surface area contributed by atoms with Crippen LogP contribution in [0.1, 0.15) is 31.9 Å². The molecule has 0 amide bonds. The van der Waals surface area contributed by atoms with Crippen LogP contribution in [0.3, 0.4) is 0 Å². The molecule has 1 aromatic rings. The molecule has 4 heteroatoms. The van der Waals surface area contributed by atoms with Crippen molar-refractivity contribution in [1.29, 1.82) is 0 Å². The van der Waals surface area contributed by atoms with Gasteiger partial charge in [-0.3, -0.25) is 0 Å².